The quantitative estimate of drug-likeness (QED) is 0.658. The molecule has 0 spiro atoms. The molecule has 2 rings (SSSR count). The Labute approximate surface area is 149 Å². The van der Waals surface area contributed by atoms with Crippen molar-refractivity contribution in [3.8, 4) is 0 Å². The van der Waals surface area contributed by atoms with Crippen LogP contribution in [0.1, 0.15) is 26.3 Å². The first kappa shape index (κ1) is 18.8. The van der Waals surface area contributed by atoms with Crippen molar-refractivity contribution in [2.24, 2.45) is 7.05 Å². The van der Waals surface area contributed by atoms with Gasteiger partial charge in [-0.2, -0.15) is 0 Å². The summed E-state index contributed by atoms with van der Waals surface area (Å²) in [5, 5.41) is 13.4. The van der Waals surface area contributed by atoms with E-state index in [0.29, 0.717) is 5.56 Å². The lowest BCUT2D eigenvalue weighted by Gasteiger charge is -2.13. The predicted octanol–water partition coefficient (Wildman–Crippen LogP) is 1.56. The second-order valence-corrected chi connectivity index (χ2v) is 5.97. The third-order valence-corrected chi connectivity index (χ3v) is 3.75. The van der Waals surface area contributed by atoms with Crippen LogP contribution in [0.3, 0.4) is 0 Å². The molecule has 0 aliphatic heterocycles. The van der Waals surface area contributed by atoms with Gasteiger partial charge in [0.05, 0.1) is 10.5 Å². The Morgan fingerprint density at radius 1 is 1.19 bits per heavy atom. The van der Waals surface area contributed by atoms with E-state index in [1.165, 1.54) is 40.9 Å². The summed E-state index contributed by atoms with van der Waals surface area (Å²) in [6.45, 7) is 1.56. The van der Waals surface area contributed by atoms with Gasteiger partial charge in [-0.1, -0.05) is 6.07 Å². The van der Waals surface area contributed by atoms with Gasteiger partial charge in [-0.25, -0.2) is 0 Å². The van der Waals surface area contributed by atoms with E-state index in [0.717, 1.165) is 6.07 Å². The Kier molecular flexibility index (Phi) is 5.20. The van der Waals surface area contributed by atoms with Crippen LogP contribution in [0.15, 0.2) is 35.3 Å². The van der Waals surface area contributed by atoms with Crippen LogP contribution in [-0.4, -0.2) is 40.3 Å². The zero-order chi connectivity index (χ0) is 19.6. The van der Waals surface area contributed by atoms with Crippen molar-refractivity contribution < 1.29 is 14.5 Å². The number of aromatic nitrogens is 1. The van der Waals surface area contributed by atoms with Crippen molar-refractivity contribution in [2.45, 2.75) is 6.92 Å². The lowest BCUT2D eigenvalue weighted by Crippen LogP contribution is -2.28. The van der Waals surface area contributed by atoms with Gasteiger partial charge in [0.25, 0.3) is 23.1 Å². The Bertz CT molecular complexity index is 962. The number of anilines is 1. The van der Waals surface area contributed by atoms with Crippen molar-refractivity contribution in [1.82, 2.24) is 9.47 Å². The van der Waals surface area contributed by atoms with Gasteiger partial charge in [-0.05, 0) is 19.1 Å². The minimum atomic E-state index is -0.681. The Morgan fingerprint density at radius 2 is 1.85 bits per heavy atom. The van der Waals surface area contributed by atoms with Gasteiger partial charge in [0.15, 0.2) is 0 Å². The molecule has 136 valence electrons. The van der Waals surface area contributed by atoms with Crippen molar-refractivity contribution in [1.29, 1.82) is 0 Å². The third kappa shape index (κ3) is 3.77. The maximum atomic E-state index is 12.4. The summed E-state index contributed by atoms with van der Waals surface area (Å²) in [5.74, 6) is -1.01. The van der Waals surface area contributed by atoms with Crippen LogP contribution in [0.25, 0.3) is 0 Å². The number of nitrogens with one attached hydrogen (secondary N) is 1. The highest BCUT2D eigenvalue weighted by Crippen LogP contribution is 2.20. The van der Waals surface area contributed by atoms with Crippen LogP contribution in [0.5, 0.6) is 0 Å². The molecule has 0 fully saturated rings. The molecule has 0 aliphatic carbocycles. The lowest BCUT2D eigenvalue weighted by molar-refractivity contribution is -0.385. The minimum absolute atomic E-state index is 0.0358. The summed E-state index contributed by atoms with van der Waals surface area (Å²) in [4.78, 5) is 48.5. The van der Waals surface area contributed by atoms with Crippen molar-refractivity contribution in [2.75, 3.05) is 19.4 Å². The van der Waals surface area contributed by atoms with Crippen LogP contribution in [0.2, 0.25) is 0 Å². The van der Waals surface area contributed by atoms with Crippen LogP contribution < -0.4 is 10.9 Å². The summed E-state index contributed by atoms with van der Waals surface area (Å²) >= 11 is 0. The molecule has 1 aromatic heterocycles. The fourth-order valence-electron chi connectivity index (χ4n) is 2.32. The molecule has 2 aromatic rings. The number of pyridine rings is 1. The predicted molar refractivity (Wildman–Crippen MR) is 95.5 cm³/mol. The van der Waals surface area contributed by atoms with Gasteiger partial charge < -0.3 is 14.8 Å². The molecule has 9 heteroatoms. The Balaban J connectivity index is 2.41. The zero-order valence-corrected chi connectivity index (χ0v) is 14.8. The molecule has 0 saturated heterocycles. The van der Waals surface area contributed by atoms with Gasteiger partial charge in [0.1, 0.15) is 5.69 Å². The fourth-order valence-corrected chi connectivity index (χ4v) is 2.32. The summed E-state index contributed by atoms with van der Waals surface area (Å²) in [7, 11) is 4.59. The van der Waals surface area contributed by atoms with E-state index in [1.807, 2.05) is 0 Å². The number of hydrogen-bond acceptors (Lipinski definition) is 5. The van der Waals surface area contributed by atoms with E-state index in [2.05, 4.69) is 5.32 Å². The van der Waals surface area contributed by atoms with Crippen LogP contribution in [0.4, 0.5) is 11.4 Å². The monoisotopic (exact) mass is 358 g/mol. The van der Waals surface area contributed by atoms with Crippen molar-refractivity contribution >= 4 is 23.2 Å². The molecule has 9 nitrogen and oxygen atoms in total. The number of aryl methyl sites for hydroxylation is 2. The Hall–Kier alpha value is -3.49. The number of nitrogens with zero attached hydrogens (tertiary/aromatic N) is 3. The maximum absolute atomic E-state index is 12.4. The normalized spacial score (nSPS) is 10.3. The number of nitro benzene ring substituents is 1. The molecule has 26 heavy (non-hydrogen) atoms. The summed E-state index contributed by atoms with van der Waals surface area (Å²) in [6, 6.07) is 5.31. The van der Waals surface area contributed by atoms with Crippen molar-refractivity contribution in [3.63, 3.8) is 0 Å². The van der Waals surface area contributed by atoms with E-state index in [1.54, 1.807) is 21.0 Å². The topological polar surface area (TPSA) is 115 Å². The number of hydrogen-bond donors (Lipinski definition) is 1. The zero-order valence-electron chi connectivity index (χ0n) is 14.8. The largest absolute Gasteiger partial charge is 0.345 e. The van der Waals surface area contributed by atoms with Crippen LogP contribution in [0, 0.1) is 17.0 Å². The molecular weight excluding hydrogens is 340 g/mol. The summed E-state index contributed by atoms with van der Waals surface area (Å²) in [6.07, 6.45) is 1.37. The van der Waals surface area contributed by atoms with E-state index in [4.69, 9.17) is 0 Å². The van der Waals surface area contributed by atoms with Gasteiger partial charge in [-0.3, -0.25) is 24.5 Å². The minimum Gasteiger partial charge on any atom is -0.345 e. The summed E-state index contributed by atoms with van der Waals surface area (Å²) < 4.78 is 1.18. The number of carbonyl (C=O) groups is 2. The highest BCUT2D eigenvalue weighted by molar-refractivity contribution is 6.05. The molecular formula is C17H18N4O5. The molecule has 0 atom stereocenters. The van der Waals surface area contributed by atoms with Gasteiger partial charge in [0.2, 0.25) is 0 Å². The lowest BCUT2D eigenvalue weighted by atomic mass is 10.1. The average molecular weight is 358 g/mol. The Morgan fingerprint density at radius 3 is 2.42 bits per heavy atom. The molecule has 2 amide bonds. The molecule has 0 unspecified atom stereocenters. The van der Waals surface area contributed by atoms with Gasteiger partial charge in [0, 0.05) is 44.5 Å². The molecule has 1 heterocycles. The number of nitro groups is 1. The van der Waals surface area contributed by atoms with E-state index < -0.39 is 16.4 Å². The second-order valence-electron chi connectivity index (χ2n) is 5.97. The molecule has 0 radical (unpaired) electrons. The smallest absolute Gasteiger partial charge is 0.274 e. The molecule has 0 saturated carbocycles. The number of rotatable bonds is 4. The highest BCUT2D eigenvalue weighted by atomic mass is 16.6. The first-order valence-corrected chi connectivity index (χ1v) is 7.60. The van der Waals surface area contributed by atoms with Crippen molar-refractivity contribution in [3.05, 3.63) is 67.6 Å². The fraction of sp³-hybridized carbons (Fsp3) is 0.235. The number of benzene rings is 1. The van der Waals surface area contributed by atoms with E-state index in [9.17, 15) is 24.5 Å². The third-order valence-electron chi connectivity index (χ3n) is 3.75. The average Bonchev–Trinajstić information content (AvgIpc) is 2.57. The van der Waals surface area contributed by atoms with E-state index >= 15 is 0 Å². The number of carbonyl (C=O) groups excluding carboxylic acids is 2. The van der Waals surface area contributed by atoms with Gasteiger partial charge in [-0.15, -0.1) is 0 Å². The highest BCUT2D eigenvalue weighted by Gasteiger charge is 2.18. The SMILES string of the molecule is Cc1ccc(C(=O)Nc2cc(C(=O)N(C)C)cn(C)c2=O)cc1[N+](=O)[O-]. The molecule has 0 bridgehead atoms. The first-order valence-electron chi connectivity index (χ1n) is 7.60. The molecule has 1 N–H and O–H groups in total. The second kappa shape index (κ2) is 7.18. The molecule has 1 aromatic carbocycles. The first-order chi connectivity index (χ1) is 12.1. The summed E-state index contributed by atoms with van der Waals surface area (Å²) in [5.41, 5.74) is -0.109. The number of amides is 2. The standard InChI is InChI=1S/C17H18N4O5/c1-10-5-6-11(8-14(10)21(25)26)15(22)18-13-7-12(16(23)19(2)3)9-20(4)17(13)24/h5-9H,1-4H3,(H,18,22). The maximum Gasteiger partial charge on any atom is 0.274 e. The van der Waals surface area contributed by atoms with Crippen LogP contribution in [-0.2, 0) is 7.05 Å². The molecule has 0 aliphatic rings. The van der Waals surface area contributed by atoms with E-state index in [-0.39, 0.29) is 28.4 Å². The van der Waals surface area contributed by atoms with Gasteiger partial charge >= 0.3 is 0 Å². The van der Waals surface area contributed by atoms with Crippen LogP contribution >= 0.6 is 0 Å².